The molecule has 0 unspecified atom stereocenters. The second kappa shape index (κ2) is 6.78. The Balaban J connectivity index is 1.64. The lowest BCUT2D eigenvalue weighted by atomic mass is 10.1. The monoisotopic (exact) mass is 375 g/mol. The first-order chi connectivity index (χ1) is 11.0. The van der Waals surface area contributed by atoms with E-state index < -0.39 is 0 Å². The predicted molar refractivity (Wildman–Crippen MR) is 92.4 cm³/mol. The number of rotatable bonds is 4. The molecule has 1 aromatic carbocycles. The third kappa shape index (κ3) is 3.77. The number of aliphatic hydroxyl groups excluding tert-OH is 1. The summed E-state index contributed by atoms with van der Waals surface area (Å²) in [6, 6.07) is 9.31. The zero-order valence-corrected chi connectivity index (χ0v) is 14.4. The highest BCUT2D eigenvalue weighted by Gasteiger charge is 2.24. The summed E-state index contributed by atoms with van der Waals surface area (Å²) in [6.45, 7) is 4.09. The number of aromatic nitrogens is 1. The molecule has 120 valence electrons. The van der Waals surface area contributed by atoms with Crippen LogP contribution in [0, 0.1) is 6.92 Å². The number of hydrogen-bond donors (Lipinski definition) is 2. The average Bonchev–Trinajstić information content (AvgIpc) is 2.51. The fourth-order valence-corrected chi connectivity index (χ4v) is 2.88. The van der Waals surface area contributed by atoms with Crippen LogP contribution >= 0.6 is 15.9 Å². The van der Waals surface area contributed by atoms with Crippen LogP contribution in [0.2, 0.25) is 0 Å². The van der Waals surface area contributed by atoms with Crippen LogP contribution in [-0.2, 0) is 6.54 Å². The van der Waals surface area contributed by atoms with Crippen LogP contribution in [0.3, 0.4) is 0 Å². The van der Waals surface area contributed by atoms with Crippen molar-refractivity contribution in [1.29, 1.82) is 0 Å². The molecule has 2 aromatic rings. The minimum atomic E-state index is -0.225. The summed E-state index contributed by atoms with van der Waals surface area (Å²) in [5, 5.41) is 12.2. The van der Waals surface area contributed by atoms with Crippen LogP contribution in [0.15, 0.2) is 41.0 Å². The largest absolute Gasteiger partial charge is 0.390 e. The summed E-state index contributed by atoms with van der Waals surface area (Å²) < 4.78 is 0.954. The fraction of sp³-hybridized carbons (Fsp3) is 0.294. The molecule has 3 rings (SSSR count). The second-order valence-electron chi connectivity index (χ2n) is 5.77. The zero-order chi connectivity index (χ0) is 16.4. The van der Waals surface area contributed by atoms with Crippen molar-refractivity contribution in [1.82, 2.24) is 9.88 Å². The van der Waals surface area contributed by atoms with Gasteiger partial charge in [-0.15, -0.1) is 0 Å². The SMILES string of the molecule is Cc1c(Br)cccc1NC(=O)c1ccc(CN2CC(O)C2)cn1. The van der Waals surface area contributed by atoms with Crippen LogP contribution in [-0.4, -0.2) is 40.1 Å². The number of amides is 1. The van der Waals surface area contributed by atoms with Gasteiger partial charge in [0.25, 0.3) is 5.91 Å². The lowest BCUT2D eigenvalue weighted by Gasteiger charge is -2.35. The van der Waals surface area contributed by atoms with E-state index in [9.17, 15) is 9.90 Å². The molecule has 1 amide bonds. The van der Waals surface area contributed by atoms with Gasteiger partial charge in [0.15, 0.2) is 0 Å². The van der Waals surface area contributed by atoms with Gasteiger partial charge in [0.2, 0.25) is 0 Å². The van der Waals surface area contributed by atoms with Crippen LogP contribution < -0.4 is 5.32 Å². The van der Waals surface area contributed by atoms with Crippen LogP contribution in [0.5, 0.6) is 0 Å². The Labute approximate surface area is 143 Å². The molecule has 1 aliphatic rings. The molecule has 2 heterocycles. The molecule has 23 heavy (non-hydrogen) atoms. The van der Waals surface area contributed by atoms with Gasteiger partial charge in [-0.05, 0) is 36.2 Å². The third-order valence-corrected chi connectivity index (χ3v) is 4.78. The van der Waals surface area contributed by atoms with Gasteiger partial charge in [0, 0.05) is 36.0 Å². The predicted octanol–water partition coefficient (Wildman–Crippen LogP) is 2.58. The topological polar surface area (TPSA) is 65.5 Å². The molecule has 1 fully saturated rings. The van der Waals surface area contributed by atoms with Gasteiger partial charge in [-0.25, -0.2) is 0 Å². The normalized spacial score (nSPS) is 15.3. The Kier molecular flexibility index (Phi) is 4.75. The Morgan fingerprint density at radius 2 is 2.17 bits per heavy atom. The van der Waals surface area contributed by atoms with Crippen molar-refractivity contribution >= 4 is 27.5 Å². The number of aliphatic hydroxyl groups is 1. The van der Waals surface area contributed by atoms with Crippen LogP contribution in [0.1, 0.15) is 21.6 Å². The zero-order valence-electron chi connectivity index (χ0n) is 12.8. The molecule has 6 heteroatoms. The number of carbonyl (C=O) groups is 1. The highest BCUT2D eigenvalue weighted by molar-refractivity contribution is 9.10. The molecule has 0 atom stereocenters. The molecule has 0 radical (unpaired) electrons. The van der Waals surface area contributed by atoms with Gasteiger partial charge in [-0.2, -0.15) is 0 Å². The number of nitrogens with zero attached hydrogens (tertiary/aromatic N) is 2. The summed E-state index contributed by atoms with van der Waals surface area (Å²) in [6.07, 6.45) is 1.51. The quantitative estimate of drug-likeness (QED) is 0.861. The lowest BCUT2D eigenvalue weighted by molar-refractivity contribution is -0.00291. The molecule has 0 aliphatic carbocycles. The van der Waals surface area contributed by atoms with Crippen molar-refractivity contribution in [2.75, 3.05) is 18.4 Å². The molecule has 1 aliphatic heterocycles. The first kappa shape index (κ1) is 16.1. The summed E-state index contributed by atoms with van der Waals surface area (Å²) in [4.78, 5) is 18.7. The highest BCUT2D eigenvalue weighted by Crippen LogP contribution is 2.23. The Morgan fingerprint density at radius 1 is 1.39 bits per heavy atom. The number of likely N-dealkylation sites (tertiary alicyclic amines) is 1. The van der Waals surface area contributed by atoms with Gasteiger partial charge in [0.1, 0.15) is 5.69 Å². The van der Waals surface area contributed by atoms with Crippen molar-refractivity contribution in [2.45, 2.75) is 19.6 Å². The maximum Gasteiger partial charge on any atom is 0.274 e. The molecule has 0 spiro atoms. The number of anilines is 1. The molecule has 0 bridgehead atoms. The molecule has 1 aromatic heterocycles. The lowest BCUT2D eigenvalue weighted by Crippen LogP contribution is -2.49. The van der Waals surface area contributed by atoms with Gasteiger partial charge >= 0.3 is 0 Å². The van der Waals surface area contributed by atoms with Crippen molar-refractivity contribution in [3.05, 3.63) is 57.8 Å². The Bertz CT molecular complexity index is 712. The number of pyridine rings is 1. The number of nitrogens with one attached hydrogen (secondary N) is 1. The summed E-state index contributed by atoms with van der Waals surface area (Å²) in [5.74, 6) is -0.225. The van der Waals surface area contributed by atoms with Gasteiger partial charge < -0.3 is 10.4 Å². The third-order valence-electron chi connectivity index (χ3n) is 3.92. The van der Waals surface area contributed by atoms with Crippen molar-refractivity contribution in [3.8, 4) is 0 Å². The summed E-state index contributed by atoms with van der Waals surface area (Å²) >= 11 is 3.45. The minimum Gasteiger partial charge on any atom is -0.390 e. The van der Waals surface area contributed by atoms with E-state index in [0.717, 1.165) is 27.8 Å². The molecule has 5 nitrogen and oxygen atoms in total. The molecule has 2 N–H and O–H groups in total. The van der Waals surface area contributed by atoms with Crippen molar-refractivity contribution in [3.63, 3.8) is 0 Å². The summed E-state index contributed by atoms with van der Waals surface area (Å²) in [5.41, 5.74) is 3.17. The number of halogens is 1. The van der Waals surface area contributed by atoms with E-state index >= 15 is 0 Å². The van der Waals surface area contributed by atoms with Crippen LogP contribution in [0.4, 0.5) is 5.69 Å². The number of β-amino-alcohol motifs (C(OH)–C–C–N with tert-alkyl or cyclic N) is 1. The first-order valence-corrected chi connectivity index (χ1v) is 8.24. The fourth-order valence-electron chi connectivity index (χ4n) is 2.51. The Morgan fingerprint density at radius 3 is 2.83 bits per heavy atom. The first-order valence-electron chi connectivity index (χ1n) is 7.45. The van der Waals surface area contributed by atoms with E-state index in [1.807, 2.05) is 31.2 Å². The van der Waals surface area contributed by atoms with E-state index in [4.69, 9.17) is 0 Å². The number of carbonyl (C=O) groups excluding carboxylic acids is 1. The van der Waals surface area contributed by atoms with E-state index in [1.54, 1.807) is 12.3 Å². The van der Waals surface area contributed by atoms with E-state index in [1.165, 1.54) is 0 Å². The Hall–Kier alpha value is -1.76. The molecule has 1 saturated heterocycles. The van der Waals surface area contributed by atoms with E-state index in [2.05, 4.69) is 31.1 Å². The van der Waals surface area contributed by atoms with Gasteiger partial charge in [-0.3, -0.25) is 14.7 Å². The van der Waals surface area contributed by atoms with Crippen molar-refractivity contribution < 1.29 is 9.90 Å². The highest BCUT2D eigenvalue weighted by atomic mass is 79.9. The minimum absolute atomic E-state index is 0.207. The van der Waals surface area contributed by atoms with Crippen molar-refractivity contribution in [2.24, 2.45) is 0 Å². The molecular formula is C17H18BrN3O2. The van der Waals surface area contributed by atoms with Crippen LogP contribution in [0.25, 0.3) is 0 Å². The number of benzene rings is 1. The maximum absolute atomic E-state index is 12.3. The average molecular weight is 376 g/mol. The number of hydrogen-bond acceptors (Lipinski definition) is 4. The standard InChI is InChI=1S/C17H18BrN3O2/c1-11-14(18)3-2-4-15(11)20-17(23)16-6-5-12(7-19-16)8-21-9-13(22)10-21/h2-7,13,22H,8-10H2,1H3,(H,20,23). The maximum atomic E-state index is 12.3. The van der Waals surface area contributed by atoms with E-state index in [0.29, 0.717) is 18.8 Å². The smallest absolute Gasteiger partial charge is 0.274 e. The molecular weight excluding hydrogens is 358 g/mol. The molecule has 0 saturated carbocycles. The summed E-state index contributed by atoms with van der Waals surface area (Å²) in [7, 11) is 0. The van der Waals surface area contributed by atoms with Gasteiger partial charge in [0.05, 0.1) is 6.10 Å². The second-order valence-corrected chi connectivity index (χ2v) is 6.62. The van der Waals surface area contributed by atoms with E-state index in [-0.39, 0.29) is 12.0 Å². The van der Waals surface area contributed by atoms with Gasteiger partial charge in [-0.1, -0.05) is 28.1 Å².